The predicted molar refractivity (Wildman–Crippen MR) is 97.3 cm³/mol. The first-order chi connectivity index (χ1) is 12.6. The van der Waals surface area contributed by atoms with E-state index in [1.807, 2.05) is 0 Å². The molecule has 2 amide bonds. The standard InChI is InChI=1S/C18H17F3N2O3S/c1-23(2)17(25)11-8-9-14(26-3)13(10-11)22-16(24)12-6-4-5-7-15(12)27-18(19,20)21/h4-10H,1-3H3,(H,22,24). The van der Waals surface area contributed by atoms with Gasteiger partial charge in [0, 0.05) is 24.6 Å². The monoisotopic (exact) mass is 398 g/mol. The van der Waals surface area contributed by atoms with E-state index in [9.17, 15) is 22.8 Å². The van der Waals surface area contributed by atoms with Crippen LogP contribution >= 0.6 is 11.8 Å². The molecule has 144 valence electrons. The normalized spacial score (nSPS) is 11.0. The molecule has 2 rings (SSSR count). The van der Waals surface area contributed by atoms with Crippen molar-refractivity contribution in [3.63, 3.8) is 0 Å². The van der Waals surface area contributed by atoms with E-state index >= 15 is 0 Å². The second kappa shape index (κ2) is 8.34. The molecule has 0 spiro atoms. The average molecular weight is 398 g/mol. The quantitative estimate of drug-likeness (QED) is 0.765. The SMILES string of the molecule is COc1ccc(C(=O)N(C)C)cc1NC(=O)c1ccccc1SC(F)(F)F. The van der Waals surface area contributed by atoms with E-state index in [1.165, 1.54) is 54.5 Å². The highest BCUT2D eigenvalue weighted by atomic mass is 32.2. The van der Waals surface area contributed by atoms with Crippen molar-refractivity contribution in [2.75, 3.05) is 26.5 Å². The maximum absolute atomic E-state index is 12.7. The molecule has 0 atom stereocenters. The second-order valence-electron chi connectivity index (χ2n) is 5.61. The maximum atomic E-state index is 12.7. The van der Waals surface area contributed by atoms with Gasteiger partial charge in [0.2, 0.25) is 0 Å². The van der Waals surface area contributed by atoms with E-state index < -0.39 is 11.4 Å². The molecule has 9 heteroatoms. The summed E-state index contributed by atoms with van der Waals surface area (Å²) in [6.07, 6.45) is 0. The summed E-state index contributed by atoms with van der Waals surface area (Å²) in [5, 5.41) is 2.52. The van der Waals surface area contributed by atoms with Gasteiger partial charge in [-0.1, -0.05) is 12.1 Å². The fourth-order valence-corrected chi connectivity index (χ4v) is 2.92. The van der Waals surface area contributed by atoms with Crippen LogP contribution in [0.2, 0.25) is 0 Å². The molecule has 0 unspecified atom stereocenters. The Labute approximate surface area is 158 Å². The zero-order chi connectivity index (χ0) is 20.2. The number of benzene rings is 2. The third-order valence-electron chi connectivity index (χ3n) is 3.46. The molecule has 5 nitrogen and oxygen atoms in total. The molecule has 0 saturated heterocycles. The van der Waals surface area contributed by atoms with Crippen LogP contribution in [0.15, 0.2) is 47.4 Å². The molecule has 0 radical (unpaired) electrons. The molecule has 2 aromatic rings. The number of nitrogens with zero attached hydrogens (tertiary/aromatic N) is 1. The van der Waals surface area contributed by atoms with E-state index in [1.54, 1.807) is 14.1 Å². The lowest BCUT2D eigenvalue weighted by Gasteiger charge is -2.15. The van der Waals surface area contributed by atoms with Crippen LogP contribution in [0.4, 0.5) is 18.9 Å². The van der Waals surface area contributed by atoms with Crippen LogP contribution < -0.4 is 10.1 Å². The highest BCUT2D eigenvalue weighted by Gasteiger charge is 2.31. The zero-order valence-electron chi connectivity index (χ0n) is 14.8. The van der Waals surface area contributed by atoms with Crippen molar-refractivity contribution in [3.05, 3.63) is 53.6 Å². The molecule has 0 aliphatic heterocycles. The van der Waals surface area contributed by atoms with Gasteiger partial charge in [0.15, 0.2) is 0 Å². The molecule has 27 heavy (non-hydrogen) atoms. The average Bonchev–Trinajstić information content (AvgIpc) is 2.60. The van der Waals surface area contributed by atoms with Gasteiger partial charge in [0.25, 0.3) is 11.8 Å². The molecule has 2 aromatic carbocycles. The van der Waals surface area contributed by atoms with Crippen LogP contribution in [0.25, 0.3) is 0 Å². The van der Waals surface area contributed by atoms with Crippen LogP contribution in [0.1, 0.15) is 20.7 Å². The molecule has 1 N–H and O–H groups in total. The van der Waals surface area contributed by atoms with Crippen LogP contribution in [-0.4, -0.2) is 43.4 Å². The number of methoxy groups -OCH3 is 1. The van der Waals surface area contributed by atoms with Gasteiger partial charge >= 0.3 is 5.51 Å². The highest BCUT2D eigenvalue weighted by molar-refractivity contribution is 8.00. The van der Waals surface area contributed by atoms with Crippen molar-refractivity contribution in [1.29, 1.82) is 0 Å². The van der Waals surface area contributed by atoms with Crippen LogP contribution in [0.3, 0.4) is 0 Å². The van der Waals surface area contributed by atoms with Gasteiger partial charge in [-0.15, -0.1) is 0 Å². The Hall–Kier alpha value is -2.68. The molecule has 0 aromatic heterocycles. The van der Waals surface area contributed by atoms with Crippen molar-refractivity contribution in [1.82, 2.24) is 4.90 Å². The summed E-state index contributed by atoms with van der Waals surface area (Å²) in [7, 11) is 4.54. The van der Waals surface area contributed by atoms with Gasteiger partial charge in [-0.25, -0.2) is 0 Å². The number of rotatable bonds is 5. The number of carbonyl (C=O) groups is 2. The summed E-state index contributed by atoms with van der Waals surface area (Å²) in [6, 6.07) is 9.85. The lowest BCUT2D eigenvalue weighted by molar-refractivity contribution is -0.0328. The van der Waals surface area contributed by atoms with Crippen LogP contribution in [-0.2, 0) is 0 Å². The van der Waals surface area contributed by atoms with Crippen molar-refractivity contribution in [2.24, 2.45) is 0 Å². The predicted octanol–water partition coefficient (Wildman–Crippen LogP) is 4.26. The van der Waals surface area contributed by atoms with Gasteiger partial charge in [0.1, 0.15) is 5.75 Å². The van der Waals surface area contributed by atoms with Gasteiger partial charge in [0.05, 0.1) is 18.4 Å². The summed E-state index contributed by atoms with van der Waals surface area (Å²) in [5.41, 5.74) is -4.17. The first-order valence-electron chi connectivity index (χ1n) is 7.68. The smallest absolute Gasteiger partial charge is 0.446 e. The minimum Gasteiger partial charge on any atom is -0.495 e. The summed E-state index contributed by atoms with van der Waals surface area (Å²) in [6.45, 7) is 0. The lowest BCUT2D eigenvalue weighted by Crippen LogP contribution is -2.22. The number of carbonyl (C=O) groups excluding carboxylic acids is 2. The molecular weight excluding hydrogens is 381 g/mol. The third kappa shape index (κ3) is 5.40. The first-order valence-corrected chi connectivity index (χ1v) is 8.50. The summed E-state index contributed by atoms with van der Waals surface area (Å²) >= 11 is -0.365. The number of thioether (sulfide) groups is 1. The Morgan fingerprint density at radius 1 is 1.11 bits per heavy atom. The summed E-state index contributed by atoms with van der Waals surface area (Å²) in [5.74, 6) is -0.754. The molecule has 0 heterocycles. The molecule has 0 aliphatic carbocycles. The Morgan fingerprint density at radius 2 is 1.78 bits per heavy atom. The van der Waals surface area contributed by atoms with Gasteiger partial charge in [-0.2, -0.15) is 13.2 Å². The van der Waals surface area contributed by atoms with Crippen molar-refractivity contribution in [3.8, 4) is 5.75 Å². The number of alkyl halides is 3. The molecule has 0 aliphatic rings. The number of halogens is 3. The van der Waals surface area contributed by atoms with Gasteiger partial charge in [-0.3, -0.25) is 9.59 Å². The number of amides is 2. The highest BCUT2D eigenvalue weighted by Crippen LogP contribution is 2.38. The lowest BCUT2D eigenvalue weighted by atomic mass is 10.1. The topological polar surface area (TPSA) is 58.6 Å². The Kier molecular flexibility index (Phi) is 6.37. The second-order valence-corrected chi connectivity index (χ2v) is 6.72. The van der Waals surface area contributed by atoms with Crippen molar-refractivity contribution >= 4 is 29.3 Å². The van der Waals surface area contributed by atoms with Crippen molar-refractivity contribution in [2.45, 2.75) is 10.4 Å². The van der Waals surface area contributed by atoms with E-state index in [2.05, 4.69) is 5.32 Å². The number of hydrogen-bond acceptors (Lipinski definition) is 4. The minimum absolute atomic E-state index is 0.133. The van der Waals surface area contributed by atoms with Crippen LogP contribution in [0.5, 0.6) is 5.75 Å². The largest absolute Gasteiger partial charge is 0.495 e. The Balaban J connectivity index is 2.35. The molecule has 0 fully saturated rings. The minimum atomic E-state index is -4.52. The number of ether oxygens (including phenoxy) is 1. The van der Waals surface area contributed by atoms with E-state index in [0.717, 1.165) is 0 Å². The zero-order valence-corrected chi connectivity index (χ0v) is 15.6. The maximum Gasteiger partial charge on any atom is 0.446 e. The number of nitrogens with one attached hydrogen (secondary N) is 1. The van der Waals surface area contributed by atoms with Gasteiger partial charge in [-0.05, 0) is 42.1 Å². The summed E-state index contributed by atoms with van der Waals surface area (Å²) in [4.78, 5) is 25.8. The number of hydrogen-bond donors (Lipinski definition) is 1. The summed E-state index contributed by atoms with van der Waals surface area (Å²) < 4.78 is 43.3. The Morgan fingerprint density at radius 3 is 2.37 bits per heavy atom. The first kappa shape index (κ1) is 20.6. The molecule has 0 bridgehead atoms. The number of anilines is 1. The molecule has 0 saturated carbocycles. The van der Waals surface area contributed by atoms with E-state index in [-0.39, 0.29) is 39.6 Å². The fraction of sp³-hybridized carbons (Fsp3) is 0.222. The molecular formula is C18H17F3N2O3S. The van der Waals surface area contributed by atoms with E-state index in [4.69, 9.17) is 4.74 Å². The van der Waals surface area contributed by atoms with E-state index in [0.29, 0.717) is 5.56 Å². The van der Waals surface area contributed by atoms with Gasteiger partial charge < -0.3 is 15.0 Å². The van der Waals surface area contributed by atoms with Crippen molar-refractivity contribution < 1.29 is 27.5 Å². The third-order valence-corrected chi connectivity index (χ3v) is 4.27. The Bertz CT molecular complexity index is 854. The van der Waals surface area contributed by atoms with Crippen LogP contribution in [0, 0.1) is 0 Å². The fourth-order valence-electron chi connectivity index (χ4n) is 2.25.